The molecule has 0 radical (unpaired) electrons. The zero-order valence-corrected chi connectivity index (χ0v) is 11.3. The Morgan fingerprint density at radius 2 is 1.94 bits per heavy atom. The third-order valence-electron chi connectivity index (χ3n) is 3.12. The molecule has 0 aliphatic carbocycles. The lowest BCUT2D eigenvalue weighted by molar-refractivity contribution is 0.166. The molecule has 102 valence electrons. The van der Waals surface area contributed by atoms with Crippen molar-refractivity contribution in [2.75, 3.05) is 26.9 Å². The summed E-state index contributed by atoms with van der Waals surface area (Å²) in [6, 6.07) is 7.67. The van der Waals surface area contributed by atoms with Gasteiger partial charge in [0.2, 0.25) is 0 Å². The smallest absolute Gasteiger partial charge is 0.119 e. The van der Waals surface area contributed by atoms with E-state index in [1.54, 1.807) is 7.11 Å². The lowest BCUT2D eigenvalue weighted by atomic mass is 9.84. The third kappa shape index (κ3) is 3.98. The van der Waals surface area contributed by atoms with Crippen LogP contribution in [0, 0.1) is 0 Å². The summed E-state index contributed by atoms with van der Waals surface area (Å²) in [6.07, 6.45) is 0. The number of benzene rings is 1. The second-order valence-electron chi connectivity index (χ2n) is 5.06. The molecule has 4 nitrogen and oxygen atoms in total. The summed E-state index contributed by atoms with van der Waals surface area (Å²) in [5, 5.41) is 21.2. The first-order valence-electron chi connectivity index (χ1n) is 6.13. The molecule has 1 rings (SSSR count). The molecule has 0 saturated heterocycles. The van der Waals surface area contributed by atoms with Crippen molar-refractivity contribution in [2.24, 2.45) is 0 Å². The molecule has 4 heteroatoms. The van der Waals surface area contributed by atoms with E-state index >= 15 is 0 Å². The molecule has 1 aromatic rings. The molecule has 3 N–H and O–H groups in total. The fourth-order valence-electron chi connectivity index (χ4n) is 1.73. The number of ether oxygens (including phenoxy) is 1. The Morgan fingerprint density at radius 3 is 2.50 bits per heavy atom. The number of hydrogen-bond acceptors (Lipinski definition) is 4. The Labute approximate surface area is 109 Å². The van der Waals surface area contributed by atoms with Gasteiger partial charge < -0.3 is 20.3 Å². The van der Waals surface area contributed by atoms with Crippen molar-refractivity contribution in [3.05, 3.63) is 29.8 Å². The lowest BCUT2D eigenvalue weighted by Gasteiger charge is -2.28. The Kier molecular flexibility index (Phi) is 5.59. The van der Waals surface area contributed by atoms with Gasteiger partial charge in [-0.05, 0) is 17.7 Å². The van der Waals surface area contributed by atoms with Crippen molar-refractivity contribution in [1.29, 1.82) is 0 Å². The summed E-state index contributed by atoms with van der Waals surface area (Å²) in [4.78, 5) is 0. The van der Waals surface area contributed by atoms with Crippen molar-refractivity contribution in [3.8, 4) is 5.75 Å². The van der Waals surface area contributed by atoms with Crippen LogP contribution in [-0.4, -0.2) is 43.1 Å². The predicted octanol–water partition coefficient (Wildman–Crippen LogP) is 0.916. The van der Waals surface area contributed by atoms with Crippen LogP contribution in [0.1, 0.15) is 19.4 Å². The van der Waals surface area contributed by atoms with E-state index in [1.165, 1.54) is 0 Å². The first-order chi connectivity index (χ1) is 8.53. The first-order valence-corrected chi connectivity index (χ1v) is 6.13. The zero-order chi connectivity index (χ0) is 13.6. The maximum absolute atomic E-state index is 9.03. The number of nitrogens with one attached hydrogen (secondary N) is 1. The van der Waals surface area contributed by atoms with Crippen LogP contribution in [-0.2, 0) is 5.41 Å². The molecule has 0 aliphatic rings. The molecule has 0 amide bonds. The molecule has 0 saturated carbocycles. The Balaban J connectivity index is 2.72. The quantitative estimate of drug-likeness (QED) is 0.676. The lowest BCUT2D eigenvalue weighted by Crippen LogP contribution is -2.42. The molecular weight excluding hydrogens is 230 g/mol. The third-order valence-corrected chi connectivity index (χ3v) is 3.12. The van der Waals surface area contributed by atoms with Gasteiger partial charge >= 0.3 is 0 Å². The molecule has 0 atom stereocenters. The van der Waals surface area contributed by atoms with E-state index in [2.05, 4.69) is 25.2 Å². The first kappa shape index (κ1) is 15.0. The number of aliphatic hydroxyl groups excluding tert-OH is 2. The van der Waals surface area contributed by atoms with Gasteiger partial charge in [-0.25, -0.2) is 0 Å². The average molecular weight is 253 g/mol. The molecule has 0 fully saturated rings. The highest BCUT2D eigenvalue weighted by atomic mass is 16.5. The maximum Gasteiger partial charge on any atom is 0.119 e. The van der Waals surface area contributed by atoms with Gasteiger partial charge in [0.15, 0.2) is 0 Å². The van der Waals surface area contributed by atoms with Gasteiger partial charge in [0.1, 0.15) is 5.75 Å². The minimum absolute atomic E-state index is 0.0648. The van der Waals surface area contributed by atoms with E-state index in [9.17, 15) is 0 Å². The van der Waals surface area contributed by atoms with Crippen molar-refractivity contribution in [3.63, 3.8) is 0 Å². The van der Waals surface area contributed by atoms with Crippen LogP contribution in [0.2, 0.25) is 0 Å². The normalized spacial score (nSPS) is 11.9. The van der Waals surface area contributed by atoms with E-state index in [-0.39, 0.29) is 24.7 Å². The fraction of sp³-hybridized carbons (Fsp3) is 0.571. The highest BCUT2D eigenvalue weighted by Gasteiger charge is 2.22. The summed E-state index contributed by atoms with van der Waals surface area (Å²) in [5.74, 6) is 0.835. The number of hydrogen-bond donors (Lipinski definition) is 3. The highest BCUT2D eigenvalue weighted by Crippen LogP contribution is 2.25. The van der Waals surface area contributed by atoms with E-state index < -0.39 is 0 Å². The van der Waals surface area contributed by atoms with Crippen LogP contribution in [0.5, 0.6) is 5.75 Å². The van der Waals surface area contributed by atoms with E-state index in [4.69, 9.17) is 14.9 Å². The summed E-state index contributed by atoms with van der Waals surface area (Å²) in [5.41, 5.74) is 1.06. The van der Waals surface area contributed by atoms with Crippen molar-refractivity contribution in [2.45, 2.75) is 25.3 Å². The second-order valence-corrected chi connectivity index (χ2v) is 5.06. The van der Waals surface area contributed by atoms with Gasteiger partial charge in [-0.1, -0.05) is 26.0 Å². The van der Waals surface area contributed by atoms with Crippen LogP contribution in [0.15, 0.2) is 24.3 Å². The maximum atomic E-state index is 9.03. The number of methoxy groups -OCH3 is 1. The van der Waals surface area contributed by atoms with Gasteiger partial charge in [0, 0.05) is 12.0 Å². The van der Waals surface area contributed by atoms with Crippen molar-refractivity contribution in [1.82, 2.24) is 5.32 Å². The second kappa shape index (κ2) is 6.73. The van der Waals surface area contributed by atoms with Crippen LogP contribution in [0.4, 0.5) is 0 Å². The molecule has 0 spiro atoms. The molecule has 0 heterocycles. The summed E-state index contributed by atoms with van der Waals surface area (Å²) < 4.78 is 5.22. The standard InChI is InChI=1S/C14H23NO3/c1-14(2,10-15-12(8-16)9-17)11-5-4-6-13(7-11)18-3/h4-7,12,15-17H,8-10H2,1-3H3. The van der Waals surface area contributed by atoms with E-state index in [1.807, 2.05) is 18.2 Å². The molecule has 18 heavy (non-hydrogen) atoms. The Hall–Kier alpha value is -1.10. The number of rotatable bonds is 7. The Bertz CT molecular complexity index is 362. The largest absolute Gasteiger partial charge is 0.497 e. The highest BCUT2D eigenvalue weighted by molar-refractivity contribution is 5.33. The van der Waals surface area contributed by atoms with Crippen LogP contribution >= 0.6 is 0 Å². The zero-order valence-electron chi connectivity index (χ0n) is 11.3. The van der Waals surface area contributed by atoms with Crippen LogP contribution in [0.3, 0.4) is 0 Å². The molecular formula is C14H23NO3. The van der Waals surface area contributed by atoms with Gasteiger partial charge in [-0.2, -0.15) is 0 Å². The van der Waals surface area contributed by atoms with E-state index in [0.29, 0.717) is 6.54 Å². The topological polar surface area (TPSA) is 61.7 Å². The van der Waals surface area contributed by atoms with Crippen LogP contribution in [0.25, 0.3) is 0 Å². The van der Waals surface area contributed by atoms with E-state index in [0.717, 1.165) is 11.3 Å². The average Bonchev–Trinajstić information content (AvgIpc) is 2.40. The molecule has 1 aromatic carbocycles. The molecule has 0 bridgehead atoms. The summed E-state index contributed by atoms with van der Waals surface area (Å²) in [6.45, 7) is 4.77. The summed E-state index contributed by atoms with van der Waals surface area (Å²) in [7, 11) is 1.65. The van der Waals surface area contributed by atoms with Crippen molar-refractivity contribution < 1.29 is 14.9 Å². The van der Waals surface area contributed by atoms with Crippen molar-refractivity contribution >= 4 is 0 Å². The predicted molar refractivity (Wildman–Crippen MR) is 72.0 cm³/mol. The van der Waals surface area contributed by atoms with Gasteiger partial charge in [0.05, 0.1) is 26.4 Å². The number of aliphatic hydroxyl groups is 2. The SMILES string of the molecule is COc1cccc(C(C)(C)CNC(CO)CO)c1. The molecule has 0 aliphatic heterocycles. The molecule has 0 unspecified atom stereocenters. The van der Waals surface area contributed by atoms with Crippen LogP contribution < -0.4 is 10.1 Å². The van der Waals surface area contributed by atoms with Gasteiger partial charge in [-0.3, -0.25) is 0 Å². The van der Waals surface area contributed by atoms with Gasteiger partial charge in [-0.15, -0.1) is 0 Å². The minimum atomic E-state index is -0.269. The fourth-order valence-corrected chi connectivity index (χ4v) is 1.73. The minimum Gasteiger partial charge on any atom is -0.497 e. The molecule has 0 aromatic heterocycles. The van der Waals surface area contributed by atoms with Gasteiger partial charge in [0.25, 0.3) is 0 Å². The summed E-state index contributed by atoms with van der Waals surface area (Å²) >= 11 is 0. The Morgan fingerprint density at radius 1 is 1.28 bits per heavy atom. The monoisotopic (exact) mass is 253 g/mol.